The molecule has 0 amide bonds. The molecule has 0 saturated carbocycles. The van der Waals surface area contributed by atoms with Crippen molar-refractivity contribution in [2.45, 2.75) is 25.7 Å². The van der Waals surface area contributed by atoms with E-state index >= 15 is 0 Å². The van der Waals surface area contributed by atoms with Crippen LogP contribution in [0.1, 0.15) is 12.5 Å². The molecule has 0 aliphatic carbocycles. The largest absolute Gasteiger partial charge is 0.394 e. The highest BCUT2D eigenvalue weighted by molar-refractivity contribution is 5.94. The van der Waals surface area contributed by atoms with Crippen LogP contribution in [0.15, 0.2) is 30.5 Å². The number of aliphatic hydroxyl groups excluding tert-OH is 2. The highest BCUT2D eigenvalue weighted by Crippen LogP contribution is 2.30. The second kappa shape index (κ2) is 5.97. The summed E-state index contributed by atoms with van der Waals surface area (Å²) in [7, 11) is 0. The minimum absolute atomic E-state index is 0.00980. The predicted molar refractivity (Wildman–Crippen MR) is 81.3 cm³/mol. The van der Waals surface area contributed by atoms with Gasteiger partial charge in [0.2, 0.25) is 0 Å². The summed E-state index contributed by atoms with van der Waals surface area (Å²) in [6.45, 7) is 3.27. The second-order valence-corrected chi connectivity index (χ2v) is 5.45. The maximum absolute atomic E-state index is 9.46. The summed E-state index contributed by atoms with van der Waals surface area (Å²) < 4.78 is 5.59. The molecule has 2 N–H and O–H groups in total. The molecule has 3 rings (SSSR count). The average molecular weight is 288 g/mol. The van der Waals surface area contributed by atoms with Crippen LogP contribution >= 0.6 is 0 Å². The molecule has 2 aromatic rings. The van der Waals surface area contributed by atoms with Gasteiger partial charge in [0.25, 0.3) is 0 Å². The standard InChI is InChI=1S/C16H20N2O3/c1-11-10-21-13(9-20)7-18(11)16-15-5-3-2-4-14(15)12(8-19)6-17-16/h2-6,11,13,19-20H,7-10H2,1H3. The molecule has 0 spiro atoms. The number of anilines is 1. The van der Waals surface area contributed by atoms with Crippen LogP contribution in [0.5, 0.6) is 0 Å². The third kappa shape index (κ3) is 2.60. The maximum atomic E-state index is 9.46. The molecular formula is C16H20N2O3. The molecule has 1 aromatic carbocycles. The fourth-order valence-corrected chi connectivity index (χ4v) is 2.81. The van der Waals surface area contributed by atoms with Gasteiger partial charge in [0.1, 0.15) is 5.82 Å². The van der Waals surface area contributed by atoms with Crippen molar-refractivity contribution in [1.29, 1.82) is 0 Å². The monoisotopic (exact) mass is 288 g/mol. The van der Waals surface area contributed by atoms with E-state index in [9.17, 15) is 10.2 Å². The summed E-state index contributed by atoms with van der Waals surface area (Å²) in [5.41, 5.74) is 0.828. The van der Waals surface area contributed by atoms with Gasteiger partial charge in [0.05, 0.1) is 32.0 Å². The molecule has 1 fully saturated rings. The van der Waals surface area contributed by atoms with Gasteiger partial charge in [-0.2, -0.15) is 0 Å². The first-order valence-corrected chi connectivity index (χ1v) is 7.21. The molecule has 2 unspecified atom stereocenters. The van der Waals surface area contributed by atoms with Gasteiger partial charge < -0.3 is 19.8 Å². The third-order valence-electron chi connectivity index (χ3n) is 4.01. The smallest absolute Gasteiger partial charge is 0.136 e. The summed E-state index contributed by atoms with van der Waals surface area (Å²) in [6, 6.07) is 8.16. The fraction of sp³-hybridized carbons (Fsp3) is 0.438. The van der Waals surface area contributed by atoms with E-state index in [1.165, 1.54) is 0 Å². The number of aliphatic hydroxyl groups is 2. The normalized spacial score (nSPS) is 22.7. The number of hydrogen-bond acceptors (Lipinski definition) is 5. The Morgan fingerprint density at radius 1 is 1.29 bits per heavy atom. The van der Waals surface area contributed by atoms with E-state index < -0.39 is 0 Å². The van der Waals surface area contributed by atoms with E-state index in [0.717, 1.165) is 22.2 Å². The van der Waals surface area contributed by atoms with E-state index in [0.29, 0.717) is 13.2 Å². The van der Waals surface area contributed by atoms with Gasteiger partial charge in [-0.25, -0.2) is 4.98 Å². The summed E-state index contributed by atoms with van der Waals surface area (Å²) in [5, 5.41) is 20.8. The van der Waals surface area contributed by atoms with Crippen molar-refractivity contribution >= 4 is 16.6 Å². The molecule has 1 aliphatic heterocycles. The molecule has 112 valence electrons. The molecule has 5 heteroatoms. The molecule has 0 radical (unpaired) electrons. The van der Waals surface area contributed by atoms with Crippen molar-refractivity contribution in [3.05, 3.63) is 36.0 Å². The van der Waals surface area contributed by atoms with Gasteiger partial charge in [0, 0.05) is 23.7 Å². The molecular weight excluding hydrogens is 268 g/mol. The number of fused-ring (bicyclic) bond motifs is 1. The van der Waals surface area contributed by atoms with Crippen LogP contribution in [-0.2, 0) is 11.3 Å². The Morgan fingerprint density at radius 2 is 2.05 bits per heavy atom. The van der Waals surface area contributed by atoms with Crippen molar-refractivity contribution < 1.29 is 14.9 Å². The van der Waals surface area contributed by atoms with Gasteiger partial charge in [-0.15, -0.1) is 0 Å². The summed E-state index contributed by atoms with van der Waals surface area (Å²) >= 11 is 0. The molecule has 0 bridgehead atoms. The predicted octanol–water partition coefficient (Wildman–Crippen LogP) is 1.31. The molecule has 1 saturated heterocycles. The van der Waals surface area contributed by atoms with Crippen molar-refractivity contribution in [3.8, 4) is 0 Å². The average Bonchev–Trinajstić information content (AvgIpc) is 2.54. The molecule has 5 nitrogen and oxygen atoms in total. The van der Waals surface area contributed by atoms with E-state index in [-0.39, 0.29) is 25.4 Å². The lowest BCUT2D eigenvalue weighted by Gasteiger charge is -2.38. The van der Waals surface area contributed by atoms with E-state index in [2.05, 4.69) is 16.8 Å². The van der Waals surface area contributed by atoms with E-state index in [1.54, 1.807) is 6.20 Å². The Kier molecular flexibility index (Phi) is 4.05. The van der Waals surface area contributed by atoms with Gasteiger partial charge in [-0.3, -0.25) is 0 Å². The number of morpholine rings is 1. The van der Waals surface area contributed by atoms with Gasteiger partial charge >= 0.3 is 0 Å². The Bertz CT molecular complexity index is 632. The minimum Gasteiger partial charge on any atom is -0.394 e. The number of ether oxygens (including phenoxy) is 1. The van der Waals surface area contributed by atoms with E-state index in [4.69, 9.17) is 4.74 Å². The zero-order valence-electron chi connectivity index (χ0n) is 12.1. The fourth-order valence-electron chi connectivity index (χ4n) is 2.81. The highest BCUT2D eigenvalue weighted by Gasteiger charge is 2.27. The van der Waals surface area contributed by atoms with E-state index in [1.807, 2.05) is 24.3 Å². The summed E-state index contributed by atoms with van der Waals surface area (Å²) in [4.78, 5) is 6.72. The number of rotatable bonds is 3. The zero-order valence-corrected chi connectivity index (χ0v) is 12.1. The minimum atomic E-state index is -0.181. The van der Waals surface area contributed by atoms with Crippen molar-refractivity contribution in [3.63, 3.8) is 0 Å². The quantitative estimate of drug-likeness (QED) is 0.891. The number of nitrogens with zero attached hydrogens (tertiary/aromatic N) is 2. The van der Waals surface area contributed by atoms with Gasteiger partial charge in [0.15, 0.2) is 0 Å². The molecule has 2 heterocycles. The lowest BCUT2D eigenvalue weighted by molar-refractivity contribution is -0.0104. The van der Waals surface area contributed by atoms with Crippen LogP contribution < -0.4 is 4.90 Å². The van der Waals surface area contributed by atoms with Crippen LogP contribution in [0.4, 0.5) is 5.82 Å². The van der Waals surface area contributed by atoms with Crippen LogP contribution in [0.2, 0.25) is 0 Å². The lowest BCUT2D eigenvalue weighted by atomic mass is 10.1. The second-order valence-electron chi connectivity index (χ2n) is 5.45. The van der Waals surface area contributed by atoms with Crippen LogP contribution in [0, 0.1) is 0 Å². The summed E-state index contributed by atoms with van der Waals surface area (Å²) in [6.07, 6.45) is 1.55. The third-order valence-corrected chi connectivity index (χ3v) is 4.01. The van der Waals surface area contributed by atoms with Crippen LogP contribution in [-0.4, -0.2) is 47.1 Å². The Hall–Kier alpha value is -1.69. The van der Waals surface area contributed by atoms with Crippen LogP contribution in [0.3, 0.4) is 0 Å². The molecule has 1 aliphatic rings. The summed E-state index contributed by atoms with van der Waals surface area (Å²) in [5.74, 6) is 0.886. The van der Waals surface area contributed by atoms with Gasteiger partial charge in [-0.1, -0.05) is 24.3 Å². The van der Waals surface area contributed by atoms with Crippen LogP contribution in [0.25, 0.3) is 10.8 Å². The van der Waals surface area contributed by atoms with Crippen molar-refractivity contribution in [2.24, 2.45) is 0 Å². The van der Waals surface area contributed by atoms with Gasteiger partial charge in [-0.05, 0) is 12.3 Å². The number of hydrogen-bond donors (Lipinski definition) is 2. The zero-order chi connectivity index (χ0) is 14.8. The first-order chi connectivity index (χ1) is 10.2. The van der Waals surface area contributed by atoms with Crippen molar-refractivity contribution in [1.82, 2.24) is 4.98 Å². The Labute approximate surface area is 123 Å². The molecule has 2 atom stereocenters. The number of aromatic nitrogens is 1. The maximum Gasteiger partial charge on any atom is 0.136 e. The lowest BCUT2D eigenvalue weighted by Crippen LogP contribution is -2.50. The SMILES string of the molecule is CC1COC(CO)CN1c1ncc(CO)c2ccccc12. The number of pyridine rings is 1. The first-order valence-electron chi connectivity index (χ1n) is 7.21. The number of benzene rings is 1. The Balaban J connectivity index is 2.07. The van der Waals surface area contributed by atoms with Crippen molar-refractivity contribution in [2.75, 3.05) is 24.7 Å². The molecule has 1 aromatic heterocycles. The Morgan fingerprint density at radius 3 is 2.76 bits per heavy atom. The first kappa shape index (κ1) is 14.3. The topological polar surface area (TPSA) is 65.8 Å². The highest BCUT2D eigenvalue weighted by atomic mass is 16.5. The molecule has 21 heavy (non-hydrogen) atoms.